The van der Waals surface area contributed by atoms with Gasteiger partial charge in [0.2, 0.25) is 0 Å². The van der Waals surface area contributed by atoms with Crippen LogP contribution in [-0.2, 0) is 6.54 Å². The molecule has 0 saturated carbocycles. The fraction of sp³-hybridized carbons (Fsp3) is 0.316. The Morgan fingerprint density at radius 2 is 2.00 bits per heavy atom. The number of anilines is 2. The van der Waals surface area contributed by atoms with E-state index in [9.17, 15) is 18.8 Å². The lowest BCUT2D eigenvalue weighted by atomic mass is 10.1. The molecule has 144 valence electrons. The van der Waals surface area contributed by atoms with Crippen LogP contribution in [0, 0.1) is 17.1 Å². The van der Waals surface area contributed by atoms with Crippen LogP contribution in [0.5, 0.6) is 0 Å². The van der Waals surface area contributed by atoms with Crippen LogP contribution in [-0.4, -0.2) is 26.0 Å². The van der Waals surface area contributed by atoms with Gasteiger partial charge in [0.1, 0.15) is 5.82 Å². The molecule has 0 fully saturated rings. The molecule has 27 heavy (non-hydrogen) atoms. The van der Waals surface area contributed by atoms with Gasteiger partial charge in [0.15, 0.2) is 0 Å². The van der Waals surface area contributed by atoms with Crippen molar-refractivity contribution in [2.75, 3.05) is 10.8 Å². The third kappa shape index (κ3) is 3.65. The first-order valence-corrected chi connectivity index (χ1v) is 10.2. The highest BCUT2D eigenvalue weighted by Gasteiger charge is 2.41. The van der Waals surface area contributed by atoms with Crippen LogP contribution in [0.25, 0.3) is 0 Å². The Morgan fingerprint density at radius 3 is 2.67 bits per heavy atom. The SMILES string of the molecule is CC(CCCN)N1Cc2cc(C#N)ccc2N(c2ccccc2F)S1(O)O. The van der Waals surface area contributed by atoms with E-state index in [0.29, 0.717) is 24.2 Å². The second-order valence-corrected chi connectivity index (χ2v) is 8.36. The number of hydrogen-bond donors (Lipinski definition) is 3. The number of halogens is 1. The van der Waals surface area contributed by atoms with Gasteiger partial charge in [-0.2, -0.15) is 9.57 Å². The Hall–Kier alpha value is -2.15. The molecule has 1 heterocycles. The van der Waals surface area contributed by atoms with E-state index < -0.39 is 16.8 Å². The summed E-state index contributed by atoms with van der Waals surface area (Å²) in [5.74, 6) is -0.552. The average molecular weight is 390 g/mol. The van der Waals surface area contributed by atoms with Crippen molar-refractivity contribution in [2.24, 2.45) is 5.73 Å². The first-order chi connectivity index (χ1) is 12.9. The molecule has 6 nitrogen and oxygen atoms in total. The van der Waals surface area contributed by atoms with Crippen molar-refractivity contribution in [3.05, 3.63) is 59.4 Å². The maximum absolute atomic E-state index is 14.5. The van der Waals surface area contributed by atoms with Gasteiger partial charge in [-0.15, -0.1) is 0 Å². The standard InChI is InChI=1S/C19H23FN4O2S/c1-14(5-4-10-21)23-13-16-11-15(12-22)8-9-18(16)24(27(23,25)26)19-7-3-2-6-17(19)20/h2-3,6-9,11,14,25-26H,4-5,10,13,21H2,1H3. The van der Waals surface area contributed by atoms with E-state index in [1.807, 2.05) is 6.92 Å². The summed E-state index contributed by atoms with van der Waals surface area (Å²) in [4.78, 5) is 0. The zero-order valence-corrected chi connectivity index (χ0v) is 15.9. The van der Waals surface area contributed by atoms with Crippen molar-refractivity contribution in [1.29, 1.82) is 5.26 Å². The molecule has 1 aliphatic rings. The molecule has 2 aromatic carbocycles. The summed E-state index contributed by atoms with van der Waals surface area (Å²) in [7, 11) is -3.50. The van der Waals surface area contributed by atoms with Crippen LogP contribution in [0.1, 0.15) is 30.9 Å². The van der Waals surface area contributed by atoms with E-state index in [2.05, 4.69) is 6.07 Å². The molecule has 0 amide bonds. The van der Waals surface area contributed by atoms with Gasteiger partial charge in [-0.1, -0.05) is 12.1 Å². The van der Waals surface area contributed by atoms with E-state index in [0.717, 1.165) is 12.0 Å². The van der Waals surface area contributed by atoms with Crippen LogP contribution in [0.15, 0.2) is 42.5 Å². The zero-order valence-electron chi connectivity index (χ0n) is 15.0. The summed E-state index contributed by atoms with van der Waals surface area (Å²) in [5, 5.41) is 9.22. The highest BCUT2D eigenvalue weighted by atomic mass is 32.3. The van der Waals surface area contributed by atoms with E-state index in [1.165, 1.54) is 16.4 Å². The summed E-state index contributed by atoms with van der Waals surface area (Å²) >= 11 is 0. The van der Waals surface area contributed by atoms with Crippen LogP contribution in [0.2, 0.25) is 0 Å². The lowest BCUT2D eigenvalue weighted by molar-refractivity contribution is 0.269. The monoisotopic (exact) mass is 390 g/mol. The molecule has 1 unspecified atom stereocenters. The van der Waals surface area contributed by atoms with E-state index >= 15 is 0 Å². The van der Waals surface area contributed by atoms with E-state index in [-0.39, 0.29) is 18.3 Å². The summed E-state index contributed by atoms with van der Waals surface area (Å²) in [6.07, 6.45) is 1.41. The van der Waals surface area contributed by atoms with E-state index in [4.69, 9.17) is 5.73 Å². The Morgan fingerprint density at radius 1 is 1.26 bits per heavy atom. The largest absolute Gasteiger partial charge is 0.330 e. The van der Waals surface area contributed by atoms with Gasteiger partial charge >= 0.3 is 0 Å². The van der Waals surface area contributed by atoms with Gasteiger partial charge in [-0.25, -0.2) is 8.70 Å². The van der Waals surface area contributed by atoms with Gasteiger partial charge in [0.25, 0.3) is 0 Å². The Kier molecular flexibility index (Phi) is 5.69. The minimum absolute atomic E-state index is 0.0826. The summed E-state index contributed by atoms with van der Waals surface area (Å²) in [5.41, 5.74) is 7.37. The Labute approximate surface area is 160 Å². The van der Waals surface area contributed by atoms with Crippen LogP contribution in [0.3, 0.4) is 0 Å². The predicted octanol–water partition coefficient (Wildman–Crippen LogP) is 4.36. The third-order valence-electron chi connectivity index (χ3n) is 4.70. The molecule has 2 aromatic rings. The normalized spacial score (nSPS) is 18.4. The second-order valence-electron chi connectivity index (χ2n) is 6.55. The van der Waals surface area contributed by atoms with Gasteiger partial charge in [-0.05, 0) is 73.2 Å². The van der Waals surface area contributed by atoms with Crippen LogP contribution >= 0.6 is 11.0 Å². The van der Waals surface area contributed by atoms with Gasteiger partial charge < -0.3 is 5.73 Å². The lowest BCUT2D eigenvalue weighted by Gasteiger charge is -2.55. The molecule has 0 radical (unpaired) electrons. The maximum Gasteiger partial charge on any atom is 0.148 e. The second kappa shape index (κ2) is 7.84. The number of benzene rings is 2. The number of hydrogen-bond acceptors (Lipinski definition) is 6. The van der Waals surface area contributed by atoms with Crippen molar-refractivity contribution in [2.45, 2.75) is 32.4 Å². The number of para-hydroxylation sites is 1. The topological polar surface area (TPSA) is 96.8 Å². The molecule has 0 saturated heterocycles. The summed E-state index contributed by atoms with van der Waals surface area (Å²) in [6.45, 7) is 2.65. The molecule has 1 aliphatic heterocycles. The predicted molar refractivity (Wildman–Crippen MR) is 106 cm³/mol. The Balaban J connectivity index is 2.15. The maximum atomic E-state index is 14.5. The number of rotatable bonds is 5. The van der Waals surface area contributed by atoms with Gasteiger partial charge in [0, 0.05) is 12.6 Å². The first-order valence-electron chi connectivity index (χ1n) is 8.73. The molecule has 3 rings (SSSR count). The first kappa shape index (κ1) is 19.6. The highest BCUT2D eigenvalue weighted by Crippen LogP contribution is 2.60. The molecular formula is C19H23FN4O2S. The molecule has 0 spiro atoms. The van der Waals surface area contributed by atoms with Crippen molar-refractivity contribution in [3.63, 3.8) is 0 Å². The van der Waals surface area contributed by atoms with Crippen LogP contribution < -0.4 is 10.0 Å². The number of nitriles is 1. The average Bonchev–Trinajstić information content (AvgIpc) is 2.65. The van der Waals surface area contributed by atoms with Crippen molar-refractivity contribution in [1.82, 2.24) is 4.31 Å². The van der Waals surface area contributed by atoms with Crippen molar-refractivity contribution >= 4 is 22.3 Å². The number of fused-ring (bicyclic) bond motifs is 1. The van der Waals surface area contributed by atoms with Crippen molar-refractivity contribution in [3.8, 4) is 6.07 Å². The van der Waals surface area contributed by atoms with E-state index in [1.54, 1.807) is 34.6 Å². The summed E-state index contributed by atoms with van der Waals surface area (Å²) in [6, 6.07) is 12.8. The molecule has 0 aromatic heterocycles. The molecule has 0 bridgehead atoms. The minimum Gasteiger partial charge on any atom is -0.330 e. The summed E-state index contributed by atoms with van der Waals surface area (Å²) < 4.78 is 39.7. The lowest BCUT2D eigenvalue weighted by Crippen LogP contribution is -2.45. The number of nitrogens with two attached hydrogens (primary N) is 1. The molecule has 1 atom stereocenters. The molecule has 4 N–H and O–H groups in total. The number of nitrogens with zero attached hydrogens (tertiary/aromatic N) is 3. The molecular weight excluding hydrogens is 367 g/mol. The fourth-order valence-electron chi connectivity index (χ4n) is 3.30. The highest BCUT2D eigenvalue weighted by molar-refractivity contribution is 8.23. The zero-order chi connectivity index (χ0) is 19.6. The fourth-order valence-corrected chi connectivity index (χ4v) is 5.27. The molecule has 0 aliphatic carbocycles. The van der Waals surface area contributed by atoms with Gasteiger partial charge in [0.05, 0.1) is 23.0 Å². The molecule has 8 heteroatoms. The Bertz CT molecular complexity index is 871. The third-order valence-corrected chi connectivity index (χ3v) is 6.70. The minimum atomic E-state index is -3.50. The van der Waals surface area contributed by atoms with Gasteiger partial charge in [-0.3, -0.25) is 9.11 Å². The van der Waals surface area contributed by atoms with Crippen LogP contribution in [0.4, 0.5) is 15.8 Å². The quantitative estimate of drug-likeness (QED) is 0.702. The van der Waals surface area contributed by atoms with Crippen molar-refractivity contribution < 1.29 is 13.5 Å². The smallest absolute Gasteiger partial charge is 0.148 e.